The van der Waals surface area contributed by atoms with Crippen molar-refractivity contribution in [2.45, 2.75) is 6.54 Å². The maximum atomic E-state index is 5.78. The van der Waals surface area contributed by atoms with Crippen molar-refractivity contribution in [2.24, 2.45) is 0 Å². The number of nitrogens with zero attached hydrogens (tertiary/aromatic N) is 4. The van der Waals surface area contributed by atoms with E-state index in [1.165, 1.54) is 0 Å². The molecule has 2 N–H and O–H groups in total. The van der Waals surface area contributed by atoms with Gasteiger partial charge in [0.2, 0.25) is 23.1 Å². The summed E-state index contributed by atoms with van der Waals surface area (Å²) in [7, 11) is 3.29. The van der Waals surface area contributed by atoms with Gasteiger partial charge >= 0.3 is 0 Å². The summed E-state index contributed by atoms with van der Waals surface area (Å²) in [4.78, 5) is 16.1. The minimum Gasteiger partial charge on any atom is -0.481 e. The Bertz CT molecular complexity index is 547. The molecule has 2 heterocycles. The predicted octanol–water partition coefficient (Wildman–Crippen LogP) is 1.58. The highest BCUT2D eigenvalue weighted by atomic mass is 35.5. The lowest BCUT2D eigenvalue weighted by Crippen LogP contribution is -2.07. The number of pyridine rings is 1. The third kappa shape index (κ3) is 3.65. The van der Waals surface area contributed by atoms with Crippen LogP contribution < -0.4 is 15.4 Å². The molecule has 0 aliphatic carbocycles. The number of methoxy groups -OCH3 is 1. The van der Waals surface area contributed by atoms with Crippen LogP contribution in [-0.2, 0) is 6.54 Å². The van der Waals surface area contributed by atoms with Crippen molar-refractivity contribution in [3.05, 3.63) is 29.2 Å². The molecule has 0 bridgehead atoms. The van der Waals surface area contributed by atoms with Gasteiger partial charge in [-0.3, -0.25) is 0 Å². The quantitative estimate of drug-likeness (QED) is 0.860. The molecule has 19 heavy (non-hydrogen) atoms. The highest BCUT2D eigenvalue weighted by Gasteiger charge is 2.03. The van der Waals surface area contributed by atoms with Crippen molar-refractivity contribution < 1.29 is 4.74 Å². The molecule has 0 aliphatic heterocycles. The SMILES string of the molecule is CNc1nc(Cl)nc(NCc2ccc(OC)nc2)n1. The molecule has 2 aromatic heterocycles. The number of halogens is 1. The topological polar surface area (TPSA) is 84.9 Å². The van der Waals surface area contributed by atoms with Gasteiger partial charge in [0.1, 0.15) is 0 Å². The summed E-state index contributed by atoms with van der Waals surface area (Å²) in [5, 5.41) is 5.99. The minimum absolute atomic E-state index is 0.134. The average Bonchev–Trinajstić information content (AvgIpc) is 2.45. The average molecular weight is 281 g/mol. The molecule has 0 aromatic carbocycles. The Kier molecular flexibility index (Phi) is 4.30. The molecular weight excluding hydrogens is 268 g/mol. The van der Waals surface area contributed by atoms with Crippen LogP contribution in [0.3, 0.4) is 0 Å². The number of anilines is 2. The maximum absolute atomic E-state index is 5.78. The Morgan fingerprint density at radius 2 is 2.00 bits per heavy atom. The van der Waals surface area contributed by atoms with Crippen LogP contribution >= 0.6 is 11.6 Å². The van der Waals surface area contributed by atoms with Gasteiger partial charge in [0.15, 0.2) is 0 Å². The van der Waals surface area contributed by atoms with Gasteiger partial charge in [0, 0.05) is 25.9 Å². The Balaban J connectivity index is 2.03. The van der Waals surface area contributed by atoms with E-state index in [4.69, 9.17) is 16.3 Å². The second kappa shape index (κ2) is 6.14. The lowest BCUT2D eigenvalue weighted by molar-refractivity contribution is 0.397. The van der Waals surface area contributed by atoms with E-state index in [0.29, 0.717) is 24.3 Å². The van der Waals surface area contributed by atoms with Crippen molar-refractivity contribution in [2.75, 3.05) is 24.8 Å². The first kappa shape index (κ1) is 13.3. The number of hydrogen-bond donors (Lipinski definition) is 2. The van der Waals surface area contributed by atoms with E-state index < -0.39 is 0 Å². The van der Waals surface area contributed by atoms with Crippen LogP contribution in [-0.4, -0.2) is 34.1 Å². The van der Waals surface area contributed by atoms with Gasteiger partial charge in [-0.15, -0.1) is 0 Å². The van der Waals surface area contributed by atoms with Gasteiger partial charge in [0.05, 0.1) is 7.11 Å². The second-order valence-corrected chi connectivity index (χ2v) is 3.90. The summed E-state index contributed by atoms with van der Waals surface area (Å²) >= 11 is 5.78. The van der Waals surface area contributed by atoms with Crippen molar-refractivity contribution in [3.8, 4) is 5.88 Å². The Labute approximate surface area is 115 Å². The molecule has 0 saturated carbocycles. The Morgan fingerprint density at radius 1 is 1.21 bits per heavy atom. The summed E-state index contributed by atoms with van der Waals surface area (Å²) < 4.78 is 4.99. The largest absolute Gasteiger partial charge is 0.481 e. The van der Waals surface area contributed by atoms with E-state index in [1.807, 2.05) is 6.07 Å². The zero-order valence-corrected chi connectivity index (χ0v) is 11.3. The number of nitrogens with one attached hydrogen (secondary N) is 2. The van der Waals surface area contributed by atoms with Crippen molar-refractivity contribution in [1.29, 1.82) is 0 Å². The third-order valence-corrected chi connectivity index (χ3v) is 2.46. The first-order chi connectivity index (χ1) is 9.21. The highest BCUT2D eigenvalue weighted by molar-refractivity contribution is 6.28. The minimum atomic E-state index is 0.134. The molecule has 0 radical (unpaired) electrons. The molecular formula is C11H13ClN6O. The van der Waals surface area contributed by atoms with Crippen molar-refractivity contribution in [3.63, 3.8) is 0 Å². The molecule has 0 fully saturated rings. The predicted molar refractivity (Wildman–Crippen MR) is 72.5 cm³/mol. The molecule has 0 spiro atoms. The fourth-order valence-electron chi connectivity index (χ4n) is 1.36. The van der Waals surface area contributed by atoms with Gasteiger partial charge < -0.3 is 15.4 Å². The molecule has 100 valence electrons. The first-order valence-electron chi connectivity index (χ1n) is 5.53. The number of rotatable bonds is 5. The number of ether oxygens (including phenoxy) is 1. The maximum Gasteiger partial charge on any atom is 0.229 e. The van der Waals surface area contributed by atoms with Crippen molar-refractivity contribution in [1.82, 2.24) is 19.9 Å². The Hall–Kier alpha value is -2.15. The van der Waals surface area contributed by atoms with Gasteiger partial charge in [-0.1, -0.05) is 6.07 Å². The summed E-state index contributed by atoms with van der Waals surface area (Å²) in [5.74, 6) is 1.39. The number of aromatic nitrogens is 4. The van der Waals surface area contributed by atoms with Crippen LogP contribution in [0.1, 0.15) is 5.56 Å². The highest BCUT2D eigenvalue weighted by Crippen LogP contribution is 2.11. The second-order valence-electron chi connectivity index (χ2n) is 3.56. The summed E-state index contributed by atoms with van der Waals surface area (Å²) in [5.41, 5.74) is 0.975. The van der Waals surface area contributed by atoms with E-state index in [9.17, 15) is 0 Å². The summed E-state index contributed by atoms with van der Waals surface area (Å²) in [6, 6.07) is 3.69. The number of hydrogen-bond acceptors (Lipinski definition) is 7. The lowest BCUT2D eigenvalue weighted by Gasteiger charge is -2.06. The van der Waals surface area contributed by atoms with Gasteiger partial charge in [-0.05, 0) is 17.2 Å². The van der Waals surface area contributed by atoms with Gasteiger partial charge in [0.25, 0.3) is 0 Å². The van der Waals surface area contributed by atoms with Crippen LogP contribution in [0.5, 0.6) is 5.88 Å². The summed E-state index contributed by atoms with van der Waals surface area (Å²) in [6.07, 6.45) is 1.72. The molecule has 7 nitrogen and oxygen atoms in total. The van der Waals surface area contributed by atoms with E-state index in [1.54, 1.807) is 26.4 Å². The molecule has 0 aliphatic rings. The monoisotopic (exact) mass is 280 g/mol. The normalized spacial score (nSPS) is 10.1. The zero-order chi connectivity index (χ0) is 13.7. The van der Waals surface area contributed by atoms with Crippen LogP contribution in [0, 0.1) is 0 Å². The molecule has 0 atom stereocenters. The smallest absolute Gasteiger partial charge is 0.229 e. The fourth-order valence-corrected chi connectivity index (χ4v) is 1.52. The Morgan fingerprint density at radius 3 is 2.63 bits per heavy atom. The molecule has 0 saturated heterocycles. The fraction of sp³-hybridized carbons (Fsp3) is 0.273. The van der Waals surface area contributed by atoms with E-state index in [-0.39, 0.29) is 5.28 Å². The summed E-state index contributed by atoms with van der Waals surface area (Å²) in [6.45, 7) is 0.528. The van der Waals surface area contributed by atoms with Crippen LogP contribution in [0.25, 0.3) is 0 Å². The standard InChI is InChI=1S/C11H13ClN6O/c1-13-10-16-9(12)17-11(18-10)15-6-7-3-4-8(19-2)14-5-7/h3-5H,6H2,1-2H3,(H2,13,15,16,17,18). The molecule has 0 unspecified atom stereocenters. The van der Waals surface area contributed by atoms with E-state index in [0.717, 1.165) is 5.56 Å². The van der Waals surface area contributed by atoms with E-state index in [2.05, 4.69) is 30.6 Å². The third-order valence-electron chi connectivity index (χ3n) is 2.29. The van der Waals surface area contributed by atoms with Crippen LogP contribution in [0.15, 0.2) is 18.3 Å². The molecule has 2 aromatic rings. The lowest BCUT2D eigenvalue weighted by atomic mass is 10.3. The van der Waals surface area contributed by atoms with E-state index >= 15 is 0 Å². The van der Waals surface area contributed by atoms with Gasteiger partial charge in [-0.25, -0.2) is 4.98 Å². The van der Waals surface area contributed by atoms with Gasteiger partial charge in [-0.2, -0.15) is 15.0 Å². The molecule has 2 rings (SSSR count). The van der Waals surface area contributed by atoms with Crippen LogP contribution in [0.2, 0.25) is 5.28 Å². The van der Waals surface area contributed by atoms with Crippen molar-refractivity contribution >= 4 is 23.5 Å². The van der Waals surface area contributed by atoms with Crippen LogP contribution in [0.4, 0.5) is 11.9 Å². The first-order valence-corrected chi connectivity index (χ1v) is 5.91. The molecule has 8 heteroatoms. The molecule has 0 amide bonds. The zero-order valence-electron chi connectivity index (χ0n) is 10.5.